The van der Waals surface area contributed by atoms with Crippen LogP contribution in [0.15, 0.2) is 18.2 Å². The minimum absolute atomic E-state index is 1.12. The summed E-state index contributed by atoms with van der Waals surface area (Å²) in [5.74, 6) is 0. The van der Waals surface area contributed by atoms with Crippen molar-refractivity contribution in [1.82, 2.24) is 4.90 Å². The van der Waals surface area contributed by atoms with Crippen LogP contribution in [0.2, 0.25) is 0 Å². The lowest BCUT2D eigenvalue weighted by molar-refractivity contribution is 0.313. The van der Waals surface area contributed by atoms with Crippen LogP contribution in [0.5, 0.6) is 0 Å². The van der Waals surface area contributed by atoms with Crippen molar-refractivity contribution >= 4 is 11.4 Å². The fourth-order valence-corrected chi connectivity index (χ4v) is 3.02. The van der Waals surface area contributed by atoms with Crippen molar-refractivity contribution < 1.29 is 0 Å². The molecule has 0 unspecified atom stereocenters. The Morgan fingerprint density at radius 1 is 1.06 bits per heavy atom. The van der Waals surface area contributed by atoms with E-state index in [0.717, 1.165) is 19.6 Å². The number of nitrogens with zero attached hydrogens (tertiary/aromatic N) is 3. The van der Waals surface area contributed by atoms with E-state index < -0.39 is 0 Å². The van der Waals surface area contributed by atoms with Crippen molar-refractivity contribution in [2.75, 3.05) is 56.1 Å². The monoisotopic (exact) mass is 245 g/mol. The van der Waals surface area contributed by atoms with Crippen LogP contribution in [-0.2, 0) is 6.42 Å². The molecule has 2 heterocycles. The second-order valence-corrected chi connectivity index (χ2v) is 5.43. The summed E-state index contributed by atoms with van der Waals surface area (Å²) in [7, 11) is 2.21. The molecule has 1 aromatic rings. The molecule has 1 saturated heterocycles. The maximum atomic E-state index is 2.52. The summed E-state index contributed by atoms with van der Waals surface area (Å²) in [6.07, 6.45) is 1.21. The van der Waals surface area contributed by atoms with Gasteiger partial charge in [-0.05, 0) is 38.1 Å². The van der Waals surface area contributed by atoms with Crippen molar-refractivity contribution in [1.29, 1.82) is 0 Å². The number of hydrogen-bond acceptors (Lipinski definition) is 3. The minimum Gasteiger partial charge on any atom is -0.371 e. The number of hydrogen-bond donors (Lipinski definition) is 0. The van der Waals surface area contributed by atoms with Gasteiger partial charge in [-0.3, -0.25) is 0 Å². The standard InChI is InChI=1S/C15H23N3/c1-3-17-7-6-13-4-5-14(12-15(13)17)18-10-8-16(2)9-11-18/h4-5,12H,3,6-11H2,1-2H3. The Balaban J connectivity index is 1.82. The van der Waals surface area contributed by atoms with Gasteiger partial charge in [0.05, 0.1) is 0 Å². The van der Waals surface area contributed by atoms with Gasteiger partial charge in [0.2, 0.25) is 0 Å². The maximum Gasteiger partial charge on any atom is 0.0420 e. The van der Waals surface area contributed by atoms with Crippen LogP contribution in [0.4, 0.5) is 11.4 Å². The highest BCUT2D eigenvalue weighted by molar-refractivity contribution is 5.66. The van der Waals surface area contributed by atoms with E-state index in [9.17, 15) is 0 Å². The van der Waals surface area contributed by atoms with E-state index in [2.05, 4.69) is 46.9 Å². The van der Waals surface area contributed by atoms with Gasteiger partial charge in [-0.2, -0.15) is 0 Å². The summed E-state index contributed by atoms with van der Waals surface area (Å²) < 4.78 is 0. The summed E-state index contributed by atoms with van der Waals surface area (Å²) >= 11 is 0. The number of rotatable bonds is 2. The van der Waals surface area contributed by atoms with Crippen LogP contribution in [0, 0.1) is 0 Å². The third kappa shape index (κ3) is 2.07. The van der Waals surface area contributed by atoms with Crippen molar-refractivity contribution in [2.45, 2.75) is 13.3 Å². The first-order chi connectivity index (χ1) is 8.78. The van der Waals surface area contributed by atoms with E-state index in [4.69, 9.17) is 0 Å². The summed E-state index contributed by atoms with van der Waals surface area (Å²) in [6.45, 7) is 9.22. The van der Waals surface area contributed by atoms with Gasteiger partial charge in [0.15, 0.2) is 0 Å². The van der Waals surface area contributed by atoms with Crippen LogP contribution in [0.3, 0.4) is 0 Å². The van der Waals surface area contributed by atoms with Gasteiger partial charge in [0.25, 0.3) is 0 Å². The molecule has 0 atom stereocenters. The molecule has 0 bridgehead atoms. The molecule has 18 heavy (non-hydrogen) atoms. The van der Waals surface area contributed by atoms with Gasteiger partial charge in [0, 0.05) is 50.6 Å². The Hall–Kier alpha value is -1.22. The van der Waals surface area contributed by atoms with Gasteiger partial charge in [0.1, 0.15) is 0 Å². The summed E-state index contributed by atoms with van der Waals surface area (Å²) in [5, 5.41) is 0. The molecule has 2 aliphatic heterocycles. The molecule has 0 amide bonds. The van der Waals surface area contributed by atoms with Crippen LogP contribution in [0.25, 0.3) is 0 Å². The third-order valence-electron chi connectivity index (χ3n) is 4.31. The molecule has 3 rings (SSSR count). The van der Waals surface area contributed by atoms with E-state index in [0.29, 0.717) is 0 Å². The Labute approximate surface area is 110 Å². The number of piperazine rings is 1. The zero-order chi connectivity index (χ0) is 12.5. The normalized spacial score (nSPS) is 20.3. The Morgan fingerprint density at radius 3 is 2.56 bits per heavy atom. The molecular weight excluding hydrogens is 222 g/mol. The van der Waals surface area contributed by atoms with Crippen molar-refractivity contribution in [3.8, 4) is 0 Å². The van der Waals surface area contributed by atoms with Crippen LogP contribution in [-0.4, -0.2) is 51.2 Å². The molecular formula is C15H23N3. The molecule has 0 saturated carbocycles. The second-order valence-electron chi connectivity index (χ2n) is 5.43. The van der Waals surface area contributed by atoms with E-state index >= 15 is 0 Å². The average Bonchev–Trinajstić information content (AvgIpc) is 2.81. The zero-order valence-electron chi connectivity index (χ0n) is 11.5. The predicted molar refractivity (Wildman–Crippen MR) is 77.7 cm³/mol. The minimum atomic E-state index is 1.12. The van der Waals surface area contributed by atoms with Gasteiger partial charge in [-0.25, -0.2) is 0 Å². The lowest BCUT2D eigenvalue weighted by Gasteiger charge is -2.34. The Bertz CT molecular complexity index is 422. The fraction of sp³-hybridized carbons (Fsp3) is 0.600. The first kappa shape index (κ1) is 11.8. The fourth-order valence-electron chi connectivity index (χ4n) is 3.02. The number of likely N-dealkylation sites (N-methyl/N-ethyl adjacent to an activating group) is 2. The molecule has 1 fully saturated rings. The van der Waals surface area contributed by atoms with Gasteiger partial charge < -0.3 is 14.7 Å². The van der Waals surface area contributed by atoms with Crippen LogP contribution in [0.1, 0.15) is 12.5 Å². The summed E-state index contributed by atoms with van der Waals surface area (Å²) in [5.41, 5.74) is 4.39. The van der Waals surface area contributed by atoms with E-state index in [1.807, 2.05) is 0 Å². The van der Waals surface area contributed by atoms with E-state index in [1.54, 1.807) is 0 Å². The highest BCUT2D eigenvalue weighted by Crippen LogP contribution is 2.32. The van der Waals surface area contributed by atoms with Crippen molar-refractivity contribution in [2.24, 2.45) is 0 Å². The predicted octanol–water partition coefficient (Wildman–Crippen LogP) is 1.82. The zero-order valence-corrected chi connectivity index (χ0v) is 11.5. The first-order valence-corrected chi connectivity index (χ1v) is 7.09. The molecule has 0 aliphatic carbocycles. The molecule has 0 radical (unpaired) electrons. The Morgan fingerprint density at radius 2 is 1.83 bits per heavy atom. The largest absolute Gasteiger partial charge is 0.371 e. The summed E-state index contributed by atoms with van der Waals surface area (Å²) in [6, 6.07) is 7.04. The molecule has 0 aromatic heterocycles. The third-order valence-corrected chi connectivity index (χ3v) is 4.31. The van der Waals surface area contributed by atoms with Crippen molar-refractivity contribution in [3.05, 3.63) is 23.8 Å². The molecule has 3 nitrogen and oxygen atoms in total. The number of anilines is 2. The second kappa shape index (κ2) is 4.81. The molecule has 2 aliphatic rings. The van der Waals surface area contributed by atoms with E-state index in [1.165, 1.54) is 43.0 Å². The van der Waals surface area contributed by atoms with Crippen LogP contribution >= 0.6 is 0 Å². The SMILES string of the molecule is CCN1CCc2ccc(N3CCN(C)CC3)cc21. The highest BCUT2D eigenvalue weighted by atomic mass is 15.2. The van der Waals surface area contributed by atoms with Crippen LogP contribution < -0.4 is 9.80 Å². The van der Waals surface area contributed by atoms with Gasteiger partial charge in [-0.1, -0.05) is 6.07 Å². The maximum absolute atomic E-state index is 2.52. The average molecular weight is 245 g/mol. The lowest BCUT2D eigenvalue weighted by Crippen LogP contribution is -2.44. The summed E-state index contributed by atoms with van der Waals surface area (Å²) in [4.78, 5) is 7.42. The quantitative estimate of drug-likeness (QED) is 0.787. The topological polar surface area (TPSA) is 9.72 Å². The van der Waals surface area contributed by atoms with Crippen molar-refractivity contribution in [3.63, 3.8) is 0 Å². The molecule has 3 heteroatoms. The molecule has 98 valence electrons. The highest BCUT2D eigenvalue weighted by Gasteiger charge is 2.20. The Kier molecular flexibility index (Phi) is 3.16. The number of benzene rings is 1. The number of fused-ring (bicyclic) bond motifs is 1. The molecule has 0 N–H and O–H groups in total. The molecule has 0 spiro atoms. The van der Waals surface area contributed by atoms with Gasteiger partial charge >= 0.3 is 0 Å². The molecule has 1 aromatic carbocycles. The van der Waals surface area contributed by atoms with E-state index in [-0.39, 0.29) is 0 Å². The first-order valence-electron chi connectivity index (χ1n) is 7.09. The smallest absolute Gasteiger partial charge is 0.0420 e. The lowest BCUT2D eigenvalue weighted by atomic mass is 10.1. The van der Waals surface area contributed by atoms with Gasteiger partial charge in [-0.15, -0.1) is 0 Å².